The number of carboxylic acid groups (broad SMARTS) is 1. The molecule has 10 nitrogen and oxygen atoms in total. The first-order valence-corrected chi connectivity index (χ1v) is 9.70. The maximum Gasteiger partial charge on any atom is 0.326 e. The molecule has 1 aliphatic rings. The van der Waals surface area contributed by atoms with Crippen molar-refractivity contribution in [3.05, 3.63) is 12.2 Å². The van der Waals surface area contributed by atoms with Crippen molar-refractivity contribution in [2.45, 2.75) is 58.0 Å². The summed E-state index contributed by atoms with van der Waals surface area (Å²) in [5, 5.41) is 16.5. The highest BCUT2D eigenvalue weighted by molar-refractivity contribution is 5.96. The molecule has 1 heterocycles. The number of amides is 4. The van der Waals surface area contributed by atoms with Gasteiger partial charge in [0.15, 0.2) is 0 Å². The summed E-state index contributed by atoms with van der Waals surface area (Å²) in [6.45, 7) is 6.63. The number of likely N-dealkylation sites (tertiary alicyclic amines) is 1. The van der Waals surface area contributed by atoms with Gasteiger partial charge in [-0.15, -0.1) is 0 Å². The van der Waals surface area contributed by atoms with Gasteiger partial charge in [0, 0.05) is 12.1 Å². The fourth-order valence-electron chi connectivity index (χ4n) is 2.92. The average Bonchev–Trinajstić information content (AvgIpc) is 3.16. The molecule has 1 saturated heterocycles. The van der Waals surface area contributed by atoms with Crippen molar-refractivity contribution in [2.24, 2.45) is 0 Å². The van der Waals surface area contributed by atoms with Gasteiger partial charge in [-0.25, -0.2) is 4.79 Å². The van der Waals surface area contributed by atoms with E-state index in [0.717, 1.165) is 6.42 Å². The van der Waals surface area contributed by atoms with Crippen molar-refractivity contribution in [3.8, 4) is 0 Å². The minimum Gasteiger partial charge on any atom is -0.480 e. The van der Waals surface area contributed by atoms with E-state index in [4.69, 9.17) is 0 Å². The number of nitrogens with one attached hydrogen (secondary N) is 3. The SMILES string of the molecule is C=C(C)C(=O)NCC(=O)NCC(=O)N1CCC[C@H]1C(=O)N[C@@H](CCCC)C(=O)O. The van der Waals surface area contributed by atoms with Crippen molar-refractivity contribution in [2.75, 3.05) is 19.6 Å². The predicted octanol–water partition coefficient (Wildman–Crippen LogP) is -0.454. The molecule has 0 aliphatic carbocycles. The van der Waals surface area contributed by atoms with E-state index in [0.29, 0.717) is 32.2 Å². The Morgan fingerprint density at radius 1 is 1.17 bits per heavy atom. The molecule has 1 rings (SSSR count). The van der Waals surface area contributed by atoms with Crippen molar-refractivity contribution < 1.29 is 29.1 Å². The van der Waals surface area contributed by atoms with E-state index in [9.17, 15) is 29.1 Å². The highest BCUT2D eigenvalue weighted by atomic mass is 16.4. The summed E-state index contributed by atoms with van der Waals surface area (Å²) in [7, 11) is 0. The predicted molar refractivity (Wildman–Crippen MR) is 105 cm³/mol. The van der Waals surface area contributed by atoms with E-state index in [2.05, 4.69) is 22.5 Å². The van der Waals surface area contributed by atoms with E-state index in [1.165, 1.54) is 11.8 Å². The molecule has 0 aromatic heterocycles. The summed E-state index contributed by atoms with van der Waals surface area (Å²) in [6.07, 6.45) is 2.84. The van der Waals surface area contributed by atoms with Crippen molar-refractivity contribution in [1.29, 1.82) is 0 Å². The van der Waals surface area contributed by atoms with Crippen molar-refractivity contribution in [1.82, 2.24) is 20.9 Å². The zero-order valence-electron chi connectivity index (χ0n) is 17.0. The van der Waals surface area contributed by atoms with Crippen LogP contribution in [0.3, 0.4) is 0 Å². The zero-order chi connectivity index (χ0) is 22.0. The Labute approximate surface area is 170 Å². The molecule has 0 aromatic carbocycles. The quantitative estimate of drug-likeness (QED) is 0.339. The maximum absolute atomic E-state index is 12.5. The molecule has 2 atom stereocenters. The monoisotopic (exact) mass is 410 g/mol. The van der Waals surface area contributed by atoms with E-state index in [-0.39, 0.29) is 18.7 Å². The largest absolute Gasteiger partial charge is 0.480 e. The molecular formula is C19H30N4O6. The first-order chi connectivity index (χ1) is 13.7. The fraction of sp³-hybridized carbons (Fsp3) is 0.632. The van der Waals surface area contributed by atoms with Gasteiger partial charge in [-0.2, -0.15) is 0 Å². The van der Waals surface area contributed by atoms with Crippen LogP contribution in [0.4, 0.5) is 0 Å². The molecule has 29 heavy (non-hydrogen) atoms. The molecule has 4 amide bonds. The summed E-state index contributed by atoms with van der Waals surface area (Å²) in [4.78, 5) is 60.7. The summed E-state index contributed by atoms with van der Waals surface area (Å²) in [5.74, 6) is -3.05. The molecule has 4 N–H and O–H groups in total. The van der Waals surface area contributed by atoms with Crippen LogP contribution in [0.1, 0.15) is 46.0 Å². The van der Waals surface area contributed by atoms with E-state index >= 15 is 0 Å². The Kier molecular flexibility index (Phi) is 9.84. The van der Waals surface area contributed by atoms with Crippen LogP contribution in [-0.4, -0.2) is 71.3 Å². The fourth-order valence-corrected chi connectivity index (χ4v) is 2.92. The van der Waals surface area contributed by atoms with Gasteiger partial charge >= 0.3 is 5.97 Å². The van der Waals surface area contributed by atoms with Gasteiger partial charge in [-0.3, -0.25) is 19.2 Å². The molecule has 0 bridgehead atoms. The lowest BCUT2D eigenvalue weighted by Gasteiger charge is -2.25. The number of rotatable bonds is 11. The molecule has 162 valence electrons. The lowest BCUT2D eigenvalue weighted by Crippen LogP contribution is -2.52. The third kappa shape index (κ3) is 7.92. The average molecular weight is 410 g/mol. The van der Waals surface area contributed by atoms with E-state index in [1.54, 1.807) is 0 Å². The van der Waals surface area contributed by atoms with Gasteiger partial charge < -0.3 is 26.0 Å². The second-order valence-corrected chi connectivity index (χ2v) is 7.03. The molecule has 0 aromatic rings. The number of carboxylic acids is 1. The molecule has 0 saturated carbocycles. The summed E-state index contributed by atoms with van der Waals surface area (Å²) >= 11 is 0. The topological polar surface area (TPSA) is 145 Å². The number of carbonyl (C=O) groups is 5. The van der Waals surface area contributed by atoms with Crippen LogP contribution in [-0.2, 0) is 24.0 Å². The third-order valence-electron chi connectivity index (χ3n) is 4.57. The normalized spacial score (nSPS) is 16.6. The maximum atomic E-state index is 12.5. The highest BCUT2D eigenvalue weighted by Gasteiger charge is 2.35. The Morgan fingerprint density at radius 3 is 2.45 bits per heavy atom. The molecule has 0 unspecified atom stereocenters. The Bertz CT molecular complexity index is 663. The van der Waals surface area contributed by atoms with Gasteiger partial charge in [0.25, 0.3) is 0 Å². The molecule has 0 radical (unpaired) electrons. The Hall–Kier alpha value is -2.91. The Balaban J connectivity index is 2.55. The first-order valence-electron chi connectivity index (χ1n) is 9.70. The minimum atomic E-state index is -1.10. The molecule has 1 aliphatic heterocycles. The number of nitrogens with zero attached hydrogens (tertiary/aromatic N) is 1. The summed E-state index contributed by atoms with van der Waals surface area (Å²) in [5.41, 5.74) is 0.262. The Morgan fingerprint density at radius 2 is 1.86 bits per heavy atom. The smallest absolute Gasteiger partial charge is 0.326 e. The lowest BCUT2D eigenvalue weighted by atomic mass is 10.1. The number of aliphatic carboxylic acids is 1. The van der Waals surface area contributed by atoms with Crippen LogP contribution in [0.2, 0.25) is 0 Å². The van der Waals surface area contributed by atoms with Crippen molar-refractivity contribution >= 4 is 29.6 Å². The lowest BCUT2D eigenvalue weighted by molar-refractivity contribution is -0.144. The number of hydrogen-bond donors (Lipinski definition) is 4. The second-order valence-electron chi connectivity index (χ2n) is 7.03. The van der Waals surface area contributed by atoms with Gasteiger partial charge in [0.2, 0.25) is 23.6 Å². The molecule has 0 spiro atoms. The van der Waals surface area contributed by atoms with Crippen LogP contribution in [0.15, 0.2) is 12.2 Å². The van der Waals surface area contributed by atoms with Crippen LogP contribution < -0.4 is 16.0 Å². The van der Waals surface area contributed by atoms with E-state index < -0.39 is 41.7 Å². The van der Waals surface area contributed by atoms with Crippen LogP contribution in [0, 0.1) is 0 Å². The van der Waals surface area contributed by atoms with Gasteiger partial charge in [0.05, 0.1) is 13.1 Å². The summed E-state index contributed by atoms with van der Waals surface area (Å²) in [6, 6.07) is -1.75. The minimum absolute atomic E-state index is 0.262. The number of carbonyl (C=O) groups excluding carboxylic acids is 4. The second kappa shape index (κ2) is 11.8. The molecular weight excluding hydrogens is 380 g/mol. The highest BCUT2D eigenvalue weighted by Crippen LogP contribution is 2.18. The van der Waals surface area contributed by atoms with Crippen LogP contribution >= 0.6 is 0 Å². The summed E-state index contributed by atoms with van der Waals surface area (Å²) < 4.78 is 0. The van der Waals surface area contributed by atoms with Gasteiger partial charge in [-0.05, 0) is 26.2 Å². The standard InChI is InChI=1S/C19H30N4O6/c1-4-5-7-13(19(28)29)22-18(27)14-8-6-9-23(14)16(25)11-20-15(24)10-21-17(26)12(2)3/h13-14H,2,4-11H2,1,3H3,(H,20,24)(H,21,26)(H,22,27)(H,28,29)/t13-,14-/m0/s1. The van der Waals surface area contributed by atoms with Gasteiger partial charge in [0.1, 0.15) is 12.1 Å². The third-order valence-corrected chi connectivity index (χ3v) is 4.57. The van der Waals surface area contributed by atoms with Crippen molar-refractivity contribution in [3.63, 3.8) is 0 Å². The van der Waals surface area contributed by atoms with Crippen LogP contribution in [0.25, 0.3) is 0 Å². The van der Waals surface area contributed by atoms with E-state index in [1.807, 2.05) is 6.92 Å². The van der Waals surface area contributed by atoms with Gasteiger partial charge in [-0.1, -0.05) is 26.3 Å². The molecule has 10 heteroatoms. The first kappa shape index (κ1) is 24.1. The zero-order valence-corrected chi connectivity index (χ0v) is 17.0. The number of hydrogen-bond acceptors (Lipinski definition) is 5. The molecule has 1 fully saturated rings. The number of unbranched alkanes of at least 4 members (excludes halogenated alkanes) is 1. The van der Waals surface area contributed by atoms with Crippen LogP contribution in [0.5, 0.6) is 0 Å².